The minimum Gasteiger partial charge on any atom is -0.281 e. The van der Waals surface area contributed by atoms with Gasteiger partial charge in [0.25, 0.3) is 20.1 Å². The highest BCUT2D eigenvalue weighted by Crippen LogP contribution is 2.21. The van der Waals surface area contributed by atoms with Crippen molar-refractivity contribution in [2.75, 3.05) is 0 Å². The lowest BCUT2D eigenvalue weighted by molar-refractivity contribution is -0.111. The molecule has 1 aliphatic heterocycles. The minimum atomic E-state index is -4.05. The van der Waals surface area contributed by atoms with Gasteiger partial charge in [0.05, 0.1) is 5.66 Å². The molecule has 0 saturated carbocycles. The molecular weight excluding hydrogens is 175 g/mol. The van der Waals surface area contributed by atoms with Gasteiger partial charge >= 0.3 is 0 Å². The molecule has 2 unspecified atom stereocenters. The van der Waals surface area contributed by atoms with Gasteiger partial charge in [0.1, 0.15) is 0 Å². The first-order valence-electron chi connectivity index (χ1n) is 2.53. The lowest BCUT2D eigenvalue weighted by Gasteiger charge is -1.88. The van der Waals surface area contributed by atoms with E-state index in [0.717, 1.165) is 0 Å². The van der Waals surface area contributed by atoms with E-state index in [9.17, 15) is 18.0 Å². The van der Waals surface area contributed by atoms with Gasteiger partial charge in [-0.25, -0.2) is 8.42 Å². The SMILES string of the molecule is O=C1CC(P)C(=O)S1(=O)=O. The number of sulfone groups is 1. The quantitative estimate of drug-likeness (QED) is 0.453. The summed E-state index contributed by atoms with van der Waals surface area (Å²) in [6.07, 6.45) is -0.189. The third-order valence-electron chi connectivity index (χ3n) is 1.25. The van der Waals surface area contributed by atoms with Gasteiger partial charge in [-0.1, -0.05) is 0 Å². The second kappa shape index (κ2) is 2.10. The van der Waals surface area contributed by atoms with Crippen LogP contribution in [0.5, 0.6) is 0 Å². The van der Waals surface area contributed by atoms with Gasteiger partial charge in [-0.3, -0.25) is 9.59 Å². The topological polar surface area (TPSA) is 68.3 Å². The van der Waals surface area contributed by atoms with E-state index in [1.807, 2.05) is 9.24 Å². The minimum absolute atomic E-state index is 0.189. The maximum absolute atomic E-state index is 10.6. The van der Waals surface area contributed by atoms with E-state index in [1.165, 1.54) is 0 Å². The standard InChI is InChI=1S/C4H5O4PS/c5-3-1-2(9)4(6)10(3,7)8/h2H,1,9H2. The van der Waals surface area contributed by atoms with Crippen molar-refractivity contribution in [2.24, 2.45) is 0 Å². The van der Waals surface area contributed by atoms with E-state index in [0.29, 0.717) is 0 Å². The second-order valence-electron chi connectivity index (χ2n) is 2.01. The fourth-order valence-electron chi connectivity index (χ4n) is 0.684. The Kier molecular flexibility index (Phi) is 1.65. The summed E-state index contributed by atoms with van der Waals surface area (Å²) < 4.78 is 21.2. The van der Waals surface area contributed by atoms with Crippen LogP contribution in [0, 0.1) is 0 Å². The third kappa shape index (κ3) is 0.896. The zero-order valence-electron chi connectivity index (χ0n) is 4.90. The molecule has 0 N–H and O–H groups in total. The van der Waals surface area contributed by atoms with Crippen LogP contribution in [0.2, 0.25) is 0 Å². The highest BCUT2D eigenvalue weighted by atomic mass is 32.2. The van der Waals surface area contributed by atoms with E-state index in [2.05, 4.69) is 0 Å². The van der Waals surface area contributed by atoms with Crippen molar-refractivity contribution in [1.29, 1.82) is 0 Å². The Morgan fingerprint density at radius 1 is 1.40 bits per heavy atom. The molecule has 0 aromatic rings. The van der Waals surface area contributed by atoms with Crippen molar-refractivity contribution < 1.29 is 18.0 Å². The molecule has 10 heavy (non-hydrogen) atoms. The maximum Gasteiger partial charge on any atom is 0.274 e. The molecule has 1 heterocycles. The van der Waals surface area contributed by atoms with Crippen LogP contribution < -0.4 is 0 Å². The molecule has 0 bridgehead atoms. The largest absolute Gasteiger partial charge is 0.281 e. The summed E-state index contributed by atoms with van der Waals surface area (Å²) in [4.78, 5) is 21.1. The van der Waals surface area contributed by atoms with Crippen LogP contribution >= 0.6 is 9.24 Å². The molecule has 56 valence electrons. The van der Waals surface area contributed by atoms with E-state index in [4.69, 9.17) is 0 Å². The van der Waals surface area contributed by atoms with Crippen molar-refractivity contribution in [3.05, 3.63) is 0 Å². The lowest BCUT2D eigenvalue weighted by Crippen LogP contribution is -2.15. The highest BCUT2D eigenvalue weighted by molar-refractivity contribution is 8.19. The molecule has 2 atom stereocenters. The predicted octanol–water partition coefficient (Wildman–Crippen LogP) is -0.898. The molecule has 1 saturated heterocycles. The van der Waals surface area contributed by atoms with Crippen molar-refractivity contribution >= 4 is 29.3 Å². The molecule has 1 fully saturated rings. The maximum atomic E-state index is 10.6. The number of carbonyl (C=O) groups excluding carboxylic acids is 2. The first-order chi connectivity index (χ1) is 4.46. The first-order valence-corrected chi connectivity index (χ1v) is 4.68. The molecule has 0 aliphatic carbocycles. The summed E-state index contributed by atoms with van der Waals surface area (Å²) in [6, 6.07) is 0. The molecule has 0 aromatic heterocycles. The van der Waals surface area contributed by atoms with Gasteiger partial charge in [-0.05, 0) is 0 Å². The van der Waals surface area contributed by atoms with Crippen LogP contribution in [-0.4, -0.2) is 24.3 Å². The average molecular weight is 180 g/mol. The van der Waals surface area contributed by atoms with Crippen LogP contribution in [0.15, 0.2) is 0 Å². The number of carbonyl (C=O) groups is 2. The molecule has 1 aliphatic rings. The van der Waals surface area contributed by atoms with Crippen molar-refractivity contribution in [3.8, 4) is 0 Å². The van der Waals surface area contributed by atoms with Crippen molar-refractivity contribution in [2.45, 2.75) is 12.1 Å². The molecular formula is C4H5O4PS. The Labute approximate surface area is 60.1 Å². The second-order valence-corrected chi connectivity index (χ2v) is 4.67. The number of hydrogen-bond donors (Lipinski definition) is 0. The van der Waals surface area contributed by atoms with Gasteiger partial charge in [-0.2, -0.15) is 0 Å². The molecule has 0 amide bonds. The van der Waals surface area contributed by atoms with Crippen molar-refractivity contribution in [3.63, 3.8) is 0 Å². The lowest BCUT2D eigenvalue weighted by atomic mass is 10.4. The smallest absolute Gasteiger partial charge is 0.274 e. The Morgan fingerprint density at radius 2 is 1.90 bits per heavy atom. The molecule has 0 aromatic carbocycles. The zero-order chi connectivity index (χ0) is 7.94. The van der Waals surface area contributed by atoms with Gasteiger partial charge in [0, 0.05) is 6.42 Å². The summed E-state index contributed by atoms with van der Waals surface area (Å²) in [5.74, 6) is 0. The van der Waals surface area contributed by atoms with Crippen molar-refractivity contribution in [1.82, 2.24) is 0 Å². The normalized spacial score (nSPS) is 31.1. The first kappa shape index (κ1) is 7.82. The monoisotopic (exact) mass is 180 g/mol. The highest BCUT2D eigenvalue weighted by Gasteiger charge is 2.43. The summed E-state index contributed by atoms with van der Waals surface area (Å²) in [6.45, 7) is 0. The average Bonchev–Trinajstić information content (AvgIpc) is 1.97. The van der Waals surface area contributed by atoms with E-state index >= 15 is 0 Å². The Hall–Kier alpha value is -0.280. The third-order valence-corrected chi connectivity index (χ3v) is 3.63. The molecule has 6 heteroatoms. The summed E-state index contributed by atoms with van der Waals surface area (Å²) >= 11 is 0. The van der Waals surface area contributed by atoms with E-state index in [1.54, 1.807) is 0 Å². The van der Waals surface area contributed by atoms with Crippen LogP contribution in [0.1, 0.15) is 6.42 Å². The molecule has 0 radical (unpaired) electrons. The summed E-state index contributed by atoms with van der Waals surface area (Å²) in [7, 11) is -2.02. The van der Waals surface area contributed by atoms with Gasteiger partial charge < -0.3 is 0 Å². The Balaban J connectivity index is 3.22. The van der Waals surface area contributed by atoms with Crippen LogP contribution in [0.3, 0.4) is 0 Å². The molecule has 4 nitrogen and oxygen atoms in total. The Bertz CT molecular complexity index is 290. The zero-order valence-corrected chi connectivity index (χ0v) is 6.87. The predicted molar refractivity (Wildman–Crippen MR) is 37.0 cm³/mol. The molecule has 0 spiro atoms. The van der Waals surface area contributed by atoms with Crippen LogP contribution in [-0.2, 0) is 19.4 Å². The number of rotatable bonds is 0. The summed E-state index contributed by atoms with van der Waals surface area (Å²) in [5.41, 5.74) is -0.725. The fourth-order valence-corrected chi connectivity index (χ4v) is 2.71. The molecule has 1 rings (SSSR count). The van der Waals surface area contributed by atoms with Crippen LogP contribution in [0.4, 0.5) is 0 Å². The number of hydrogen-bond acceptors (Lipinski definition) is 4. The van der Waals surface area contributed by atoms with Gasteiger partial charge in [0.2, 0.25) is 0 Å². The van der Waals surface area contributed by atoms with Gasteiger partial charge in [-0.15, -0.1) is 9.24 Å². The fraction of sp³-hybridized carbons (Fsp3) is 0.500. The van der Waals surface area contributed by atoms with E-state index in [-0.39, 0.29) is 6.42 Å². The van der Waals surface area contributed by atoms with E-state index < -0.39 is 25.7 Å². The summed E-state index contributed by atoms with van der Waals surface area (Å²) in [5, 5.41) is -1.93. The van der Waals surface area contributed by atoms with Gasteiger partial charge in [0.15, 0.2) is 0 Å². The Morgan fingerprint density at radius 3 is 2.00 bits per heavy atom. The van der Waals surface area contributed by atoms with Crippen LogP contribution in [0.25, 0.3) is 0 Å².